The number of ether oxygens (including phenoxy) is 1. The number of amides is 2. The Morgan fingerprint density at radius 1 is 1.29 bits per heavy atom. The topological polar surface area (TPSA) is 71.0 Å². The maximum Gasteiger partial charge on any atom is 0.242 e. The first-order valence-corrected chi connectivity index (χ1v) is 11.5. The van der Waals surface area contributed by atoms with E-state index in [1.54, 1.807) is 29.2 Å². The number of halogens is 1. The molecule has 1 N–H and O–H groups in total. The number of aliphatic imine (C=N–C) groups is 1. The van der Waals surface area contributed by atoms with Crippen LogP contribution in [0.1, 0.15) is 24.8 Å². The average molecular weight is 458 g/mol. The van der Waals surface area contributed by atoms with E-state index in [1.165, 1.54) is 11.8 Å². The van der Waals surface area contributed by atoms with E-state index in [1.807, 2.05) is 31.2 Å². The van der Waals surface area contributed by atoms with E-state index >= 15 is 0 Å². The zero-order valence-corrected chi connectivity index (χ0v) is 18.8. The molecule has 2 amide bonds. The third-order valence-corrected chi connectivity index (χ3v) is 6.58. The van der Waals surface area contributed by atoms with Crippen LogP contribution in [0.15, 0.2) is 53.5 Å². The molecule has 2 aliphatic heterocycles. The summed E-state index contributed by atoms with van der Waals surface area (Å²) in [5.74, 6) is -0.339. The Morgan fingerprint density at radius 2 is 2.10 bits per heavy atom. The van der Waals surface area contributed by atoms with Gasteiger partial charge in [-0.25, -0.2) is 4.99 Å². The van der Waals surface area contributed by atoms with Gasteiger partial charge in [-0.1, -0.05) is 47.1 Å². The summed E-state index contributed by atoms with van der Waals surface area (Å²) in [6.07, 6.45) is 1.99. The Labute approximate surface area is 191 Å². The molecule has 2 fully saturated rings. The quantitative estimate of drug-likeness (QED) is 0.677. The zero-order chi connectivity index (χ0) is 21.8. The van der Waals surface area contributed by atoms with Gasteiger partial charge in [-0.15, -0.1) is 0 Å². The van der Waals surface area contributed by atoms with Gasteiger partial charge in [0.25, 0.3) is 0 Å². The highest BCUT2D eigenvalue weighted by Crippen LogP contribution is 2.33. The molecule has 6 nitrogen and oxygen atoms in total. The second-order valence-electron chi connectivity index (χ2n) is 7.68. The van der Waals surface area contributed by atoms with Crippen molar-refractivity contribution < 1.29 is 14.3 Å². The molecule has 2 saturated heterocycles. The molecule has 8 heteroatoms. The molecule has 0 aromatic heterocycles. The van der Waals surface area contributed by atoms with E-state index < -0.39 is 5.25 Å². The van der Waals surface area contributed by atoms with Crippen LogP contribution >= 0.6 is 23.4 Å². The van der Waals surface area contributed by atoms with Gasteiger partial charge in [-0.3, -0.25) is 14.5 Å². The second-order valence-corrected chi connectivity index (χ2v) is 9.29. The number of nitrogens with zero attached hydrogens (tertiary/aromatic N) is 2. The third kappa shape index (κ3) is 5.67. The summed E-state index contributed by atoms with van der Waals surface area (Å²) in [4.78, 5) is 32.1. The number of hydrogen-bond acceptors (Lipinski definition) is 5. The van der Waals surface area contributed by atoms with Gasteiger partial charge in [-0.05, 0) is 50.1 Å². The van der Waals surface area contributed by atoms with E-state index in [2.05, 4.69) is 5.32 Å². The van der Waals surface area contributed by atoms with Crippen molar-refractivity contribution in [2.45, 2.75) is 37.5 Å². The molecule has 2 unspecified atom stereocenters. The Bertz CT molecular complexity index is 990. The van der Waals surface area contributed by atoms with Crippen molar-refractivity contribution in [1.29, 1.82) is 0 Å². The van der Waals surface area contributed by atoms with Gasteiger partial charge >= 0.3 is 0 Å². The summed E-state index contributed by atoms with van der Waals surface area (Å²) < 4.78 is 5.73. The predicted octanol–water partition coefficient (Wildman–Crippen LogP) is 4.79. The Hall–Kier alpha value is -2.35. The minimum atomic E-state index is -0.523. The van der Waals surface area contributed by atoms with Crippen molar-refractivity contribution in [3.05, 3.63) is 59.1 Å². The smallest absolute Gasteiger partial charge is 0.242 e. The van der Waals surface area contributed by atoms with Crippen molar-refractivity contribution in [3.8, 4) is 0 Å². The Morgan fingerprint density at radius 3 is 2.81 bits per heavy atom. The lowest BCUT2D eigenvalue weighted by molar-refractivity contribution is -0.129. The average Bonchev–Trinajstić information content (AvgIpc) is 3.34. The molecule has 0 saturated carbocycles. The normalized spacial score (nSPS) is 22.3. The van der Waals surface area contributed by atoms with Crippen LogP contribution in [0.4, 0.5) is 11.4 Å². The highest BCUT2D eigenvalue weighted by molar-refractivity contribution is 8.15. The van der Waals surface area contributed by atoms with E-state index in [4.69, 9.17) is 21.3 Å². The summed E-state index contributed by atoms with van der Waals surface area (Å²) in [5.41, 5.74) is 2.53. The van der Waals surface area contributed by atoms with Crippen molar-refractivity contribution in [1.82, 2.24) is 4.90 Å². The molecular weight excluding hydrogens is 434 g/mol. The number of amidine groups is 1. The monoisotopic (exact) mass is 457 g/mol. The second kappa shape index (κ2) is 9.85. The molecular formula is C23H24ClN3O3S. The molecule has 31 heavy (non-hydrogen) atoms. The highest BCUT2D eigenvalue weighted by Gasteiger charge is 2.40. The highest BCUT2D eigenvalue weighted by atomic mass is 35.5. The van der Waals surface area contributed by atoms with Crippen LogP contribution in [0.2, 0.25) is 5.02 Å². The van der Waals surface area contributed by atoms with Crippen LogP contribution in [-0.4, -0.2) is 46.4 Å². The zero-order valence-electron chi connectivity index (χ0n) is 17.2. The first-order chi connectivity index (χ1) is 15.0. The molecule has 0 aliphatic carbocycles. The van der Waals surface area contributed by atoms with Crippen molar-refractivity contribution in [2.24, 2.45) is 4.99 Å². The Balaban J connectivity index is 1.49. The SMILES string of the molecule is Cc1ccc(N=C2SC(CC(=O)Nc3cccc(Cl)c3)C(=O)N2CC2CCCO2)cc1. The van der Waals surface area contributed by atoms with Crippen LogP contribution in [0.3, 0.4) is 0 Å². The summed E-state index contributed by atoms with van der Waals surface area (Å²) in [6, 6.07) is 14.8. The lowest BCUT2D eigenvalue weighted by Crippen LogP contribution is -2.38. The van der Waals surface area contributed by atoms with Gasteiger partial charge in [0.15, 0.2) is 5.17 Å². The number of hydrogen-bond donors (Lipinski definition) is 1. The molecule has 2 aromatic carbocycles. The van der Waals surface area contributed by atoms with Gasteiger partial charge in [0.1, 0.15) is 5.25 Å². The van der Waals surface area contributed by atoms with Crippen molar-refractivity contribution >= 4 is 51.7 Å². The molecule has 0 radical (unpaired) electrons. The van der Waals surface area contributed by atoms with Gasteiger partial charge in [0, 0.05) is 23.7 Å². The van der Waals surface area contributed by atoms with Gasteiger partial charge < -0.3 is 10.1 Å². The molecule has 2 aromatic rings. The number of benzene rings is 2. The lowest BCUT2D eigenvalue weighted by atomic mass is 10.2. The first kappa shape index (κ1) is 21.9. The molecule has 4 rings (SSSR count). The molecule has 2 aliphatic rings. The van der Waals surface area contributed by atoms with Crippen molar-refractivity contribution in [2.75, 3.05) is 18.5 Å². The number of nitrogens with one attached hydrogen (secondary N) is 1. The molecule has 162 valence electrons. The van der Waals surface area contributed by atoms with Crippen LogP contribution in [0.5, 0.6) is 0 Å². The van der Waals surface area contributed by atoms with Crippen LogP contribution < -0.4 is 5.32 Å². The molecule has 2 heterocycles. The van der Waals surface area contributed by atoms with Gasteiger partial charge in [0.2, 0.25) is 11.8 Å². The minimum absolute atomic E-state index is 0.00630. The van der Waals surface area contributed by atoms with E-state index in [0.29, 0.717) is 22.4 Å². The maximum absolute atomic E-state index is 13.2. The number of aryl methyl sites for hydroxylation is 1. The maximum atomic E-state index is 13.2. The lowest BCUT2D eigenvalue weighted by Gasteiger charge is -2.20. The van der Waals surface area contributed by atoms with Gasteiger partial charge in [0.05, 0.1) is 18.3 Å². The molecule has 0 bridgehead atoms. The predicted molar refractivity (Wildman–Crippen MR) is 125 cm³/mol. The standard InChI is InChI=1S/C23H24ClN3O3S/c1-15-7-9-17(10-8-15)26-23-27(14-19-6-3-11-30-19)22(29)20(31-23)13-21(28)25-18-5-2-4-16(24)12-18/h2,4-5,7-10,12,19-20H,3,6,11,13-14H2,1H3,(H,25,28). The fraction of sp³-hybridized carbons (Fsp3) is 0.348. The largest absolute Gasteiger partial charge is 0.376 e. The van der Waals surface area contributed by atoms with Gasteiger partial charge in [-0.2, -0.15) is 0 Å². The summed E-state index contributed by atoms with van der Waals surface area (Å²) in [7, 11) is 0. The van der Waals surface area contributed by atoms with Crippen LogP contribution in [0, 0.1) is 6.92 Å². The number of carbonyl (C=O) groups is 2. The number of anilines is 1. The molecule has 2 atom stereocenters. The minimum Gasteiger partial charge on any atom is -0.376 e. The van der Waals surface area contributed by atoms with E-state index in [9.17, 15) is 9.59 Å². The number of thioether (sulfide) groups is 1. The third-order valence-electron chi connectivity index (χ3n) is 5.17. The van der Waals surface area contributed by atoms with E-state index in [0.717, 1.165) is 30.7 Å². The van der Waals surface area contributed by atoms with Crippen molar-refractivity contribution in [3.63, 3.8) is 0 Å². The fourth-order valence-corrected chi connectivity index (χ4v) is 4.92. The fourth-order valence-electron chi connectivity index (χ4n) is 3.56. The summed E-state index contributed by atoms with van der Waals surface area (Å²) >= 11 is 7.32. The summed E-state index contributed by atoms with van der Waals surface area (Å²) in [5, 5.41) is 3.45. The number of rotatable bonds is 6. The number of carbonyl (C=O) groups excluding carboxylic acids is 2. The first-order valence-electron chi connectivity index (χ1n) is 10.3. The van der Waals surface area contributed by atoms with Crippen LogP contribution in [0.25, 0.3) is 0 Å². The molecule has 0 spiro atoms. The Kier molecular flexibility index (Phi) is 6.95. The summed E-state index contributed by atoms with van der Waals surface area (Å²) in [6.45, 7) is 3.20. The van der Waals surface area contributed by atoms with Crippen LogP contribution in [-0.2, 0) is 14.3 Å². The van der Waals surface area contributed by atoms with E-state index in [-0.39, 0.29) is 24.3 Å².